The smallest absolute Gasteiger partial charge is 0.333 e. The monoisotopic (exact) mass is 511 g/mol. The van der Waals surface area contributed by atoms with E-state index < -0.39 is 6.04 Å². The number of para-hydroxylation sites is 1. The Hall–Kier alpha value is -3.95. The molecule has 1 aliphatic rings. The Morgan fingerprint density at radius 3 is 2.37 bits per heavy atom. The van der Waals surface area contributed by atoms with E-state index in [1.165, 1.54) is 0 Å². The van der Waals surface area contributed by atoms with Crippen molar-refractivity contribution in [2.45, 2.75) is 45.8 Å². The van der Waals surface area contributed by atoms with Crippen molar-refractivity contribution in [1.29, 1.82) is 5.26 Å². The van der Waals surface area contributed by atoms with E-state index in [9.17, 15) is 9.59 Å². The number of ketones is 1. The van der Waals surface area contributed by atoms with E-state index in [1.54, 1.807) is 24.3 Å². The summed E-state index contributed by atoms with van der Waals surface area (Å²) in [7, 11) is 0. The molecule has 1 heterocycles. The highest BCUT2D eigenvalue weighted by molar-refractivity contribution is 5.97. The molecule has 0 spiro atoms. The van der Waals surface area contributed by atoms with Crippen LogP contribution in [-0.2, 0) is 9.53 Å². The zero-order valence-corrected chi connectivity index (χ0v) is 22.5. The average molecular weight is 512 g/mol. The molecule has 3 atom stereocenters. The maximum absolute atomic E-state index is 13.5. The van der Waals surface area contributed by atoms with Crippen molar-refractivity contribution < 1.29 is 14.3 Å². The SMILES string of the molecule is CC.CCC1CCN(CC(=O)c2cccc(C#N)c2)C[C@@H]1OC(=O)[C@H](Nc1ccccc1)c1ccccc1. The zero-order valence-electron chi connectivity index (χ0n) is 22.5. The quantitative estimate of drug-likeness (QED) is 0.270. The number of nitrogens with zero attached hydrogens (tertiary/aromatic N) is 2. The van der Waals surface area contributed by atoms with Gasteiger partial charge in [-0.3, -0.25) is 9.69 Å². The van der Waals surface area contributed by atoms with Gasteiger partial charge in [-0.1, -0.05) is 81.4 Å². The molecule has 3 aromatic rings. The number of benzene rings is 3. The van der Waals surface area contributed by atoms with Crippen LogP contribution in [0.4, 0.5) is 5.69 Å². The lowest BCUT2D eigenvalue weighted by atomic mass is 9.91. The fourth-order valence-electron chi connectivity index (χ4n) is 4.67. The Morgan fingerprint density at radius 1 is 1.03 bits per heavy atom. The standard InChI is InChI=1S/C30H31N3O3.C2H6/c1-2-23-16-17-33(20-27(34)25-13-9-10-22(18-25)19-31)21-28(23)36-30(35)29(24-11-5-3-6-12-24)32-26-14-7-4-8-15-26;1-2/h3-15,18,23,28-29,32H,2,16-17,20-21H2,1H3;1-2H3/t23?,28-,29+;/m0./s1. The van der Waals surface area contributed by atoms with Crippen molar-refractivity contribution >= 4 is 17.4 Å². The predicted octanol–water partition coefficient (Wildman–Crippen LogP) is 6.26. The van der Waals surface area contributed by atoms with Crippen molar-refractivity contribution in [1.82, 2.24) is 4.90 Å². The molecule has 0 bridgehead atoms. The number of esters is 1. The van der Waals surface area contributed by atoms with Crippen LogP contribution < -0.4 is 5.32 Å². The number of nitriles is 1. The normalized spacial score (nSPS) is 17.7. The van der Waals surface area contributed by atoms with Gasteiger partial charge in [-0.05, 0) is 55.1 Å². The topological polar surface area (TPSA) is 82.4 Å². The highest BCUT2D eigenvalue weighted by Crippen LogP contribution is 2.27. The van der Waals surface area contributed by atoms with Crippen molar-refractivity contribution in [3.05, 3.63) is 102 Å². The molecule has 1 N–H and O–H groups in total. The van der Waals surface area contributed by atoms with E-state index in [0.717, 1.165) is 30.6 Å². The molecule has 0 radical (unpaired) electrons. The highest BCUT2D eigenvalue weighted by atomic mass is 16.5. The highest BCUT2D eigenvalue weighted by Gasteiger charge is 2.34. The van der Waals surface area contributed by atoms with Crippen LogP contribution in [0, 0.1) is 17.2 Å². The Balaban J connectivity index is 0.00000195. The second-order valence-corrected chi connectivity index (χ2v) is 9.14. The van der Waals surface area contributed by atoms with E-state index >= 15 is 0 Å². The molecule has 0 amide bonds. The van der Waals surface area contributed by atoms with E-state index in [-0.39, 0.29) is 30.3 Å². The zero-order chi connectivity index (χ0) is 27.3. The van der Waals surface area contributed by atoms with E-state index in [4.69, 9.17) is 10.00 Å². The summed E-state index contributed by atoms with van der Waals surface area (Å²) in [5, 5.41) is 12.5. The maximum Gasteiger partial charge on any atom is 0.333 e. The molecule has 0 saturated carbocycles. The average Bonchev–Trinajstić information content (AvgIpc) is 2.98. The van der Waals surface area contributed by atoms with Gasteiger partial charge in [-0.15, -0.1) is 0 Å². The molecule has 0 aliphatic carbocycles. The molecule has 1 saturated heterocycles. The summed E-state index contributed by atoms with van der Waals surface area (Å²) in [5.74, 6) is -0.140. The van der Waals surface area contributed by atoms with Crippen LogP contribution in [0.1, 0.15) is 61.1 Å². The number of ether oxygens (including phenoxy) is 1. The van der Waals surface area contributed by atoms with Gasteiger partial charge in [0.15, 0.2) is 11.8 Å². The lowest BCUT2D eigenvalue weighted by molar-refractivity contribution is -0.156. The molecule has 1 unspecified atom stereocenters. The lowest BCUT2D eigenvalue weighted by Crippen LogP contribution is -2.48. The molecule has 6 heteroatoms. The fraction of sp³-hybridized carbons (Fsp3) is 0.344. The Labute approximate surface area is 226 Å². The van der Waals surface area contributed by atoms with Gasteiger partial charge in [0.05, 0.1) is 18.2 Å². The molecule has 6 nitrogen and oxygen atoms in total. The summed E-state index contributed by atoms with van der Waals surface area (Å²) in [6.45, 7) is 7.60. The summed E-state index contributed by atoms with van der Waals surface area (Å²) in [5.41, 5.74) is 2.66. The van der Waals surface area contributed by atoms with Crippen LogP contribution in [0.15, 0.2) is 84.9 Å². The van der Waals surface area contributed by atoms with E-state index in [1.807, 2.05) is 79.4 Å². The number of Topliss-reactive ketones (excluding diaryl/α,β-unsaturated/α-hetero) is 1. The molecule has 3 aromatic carbocycles. The van der Waals surface area contributed by atoms with E-state index in [2.05, 4.69) is 18.3 Å². The third-order valence-electron chi connectivity index (χ3n) is 6.71. The Bertz CT molecular complexity index is 1210. The maximum atomic E-state index is 13.5. The summed E-state index contributed by atoms with van der Waals surface area (Å²) >= 11 is 0. The summed E-state index contributed by atoms with van der Waals surface area (Å²) in [6, 6.07) is 27.4. The molecule has 1 aliphatic heterocycles. The second kappa shape index (κ2) is 14.7. The Morgan fingerprint density at radius 2 is 1.71 bits per heavy atom. The summed E-state index contributed by atoms with van der Waals surface area (Å²) in [4.78, 5) is 28.4. The van der Waals surface area contributed by atoms with Gasteiger partial charge in [-0.2, -0.15) is 5.26 Å². The van der Waals surface area contributed by atoms with Crippen LogP contribution in [-0.4, -0.2) is 42.4 Å². The van der Waals surface area contributed by atoms with Crippen molar-refractivity contribution in [3.8, 4) is 6.07 Å². The van der Waals surface area contributed by atoms with Gasteiger partial charge in [0.1, 0.15) is 6.10 Å². The number of hydrogen-bond acceptors (Lipinski definition) is 6. The minimum absolute atomic E-state index is 0.0416. The van der Waals surface area contributed by atoms with Crippen LogP contribution in [0.3, 0.4) is 0 Å². The summed E-state index contributed by atoms with van der Waals surface area (Å²) < 4.78 is 6.14. The van der Waals surface area contributed by atoms with Gasteiger partial charge >= 0.3 is 5.97 Å². The van der Waals surface area contributed by atoms with Crippen molar-refractivity contribution in [2.24, 2.45) is 5.92 Å². The third kappa shape index (κ3) is 7.77. The lowest BCUT2D eigenvalue weighted by Gasteiger charge is -2.38. The molecule has 1 fully saturated rings. The number of rotatable bonds is 9. The molecule has 4 rings (SSSR count). The molecule has 198 valence electrons. The third-order valence-corrected chi connectivity index (χ3v) is 6.71. The minimum atomic E-state index is -0.642. The Kier molecular flexibility index (Phi) is 11.1. The first-order chi connectivity index (χ1) is 18.6. The number of anilines is 1. The van der Waals surface area contributed by atoms with Gasteiger partial charge in [0, 0.05) is 17.8 Å². The fourth-order valence-corrected chi connectivity index (χ4v) is 4.67. The number of carbonyl (C=O) groups excluding carboxylic acids is 2. The van der Waals surface area contributed by atoms with Crippen LogP contribution in [0.25, 0.3) is 0 Å². The number of piperidine rings is 1. The van der Waals surface area contributed by atoms with Crippen molar-refractivity contribution in [3.63, 3.8) is 0 Å². The van der Waals surface area contributed by atoms with Crippen LogP contribution in [0.5, 0.6) is 0 Å². The van der Waals surface area contributed by atoms with Crippen LogP contribution in [0.2, 0.25) is 0 Å². The second-order valence-electron chi connectivity index (χ2n) is 9.14. The first kappa shape index (κ1) is 28.6. The van der Waals surface area contributed by atoms with Crippen molar-refractivity contribution in [2.75, 3.05) is 25.0 Å². The molecule has 38 heavy (non-hydrogen) atoms. The first-order valence-electron chi connectivity index (χ1n) is 13.4. The molecule has 0 aromatic heterocycles. The number of nitrogens with one attached hydrogen (secondary N) is 1. The molecular formula is C32H37N3O3. The molecular weight excluding hydrogens is 474 g/mol. The number of carbonyl (C=O) groups is 2. The predicted molar refractivity (Wildman–Crippen MR) is 151 cm³/mol. The number of hydrogen-bond donors (Lipinski definition) is 1. The van der Waals surface area contributed by atoms with Gasteiger partial charge in [-0.25, -0.2) is 4.79 Å². The number of likely N-dealkylation sites (tertiary alicyclic amines) is 1. The van der Waals surface area contributed by atoms with Gasteiger partial charge in [0.25, 0.3) is 0 Å². The first-order valence-corrected chi connectivity index (χ1v) is 13.4. The minimum Gasteiger partial charge on any atom is -0.459 e. The van der Waals surface area contributed by atoms with Gasteiger partial charge in [0.2, 0.25) is 0 Å². The van der Waals surface area contributed by atoms with E-state index in [0.29, 0.717) is 17.7 Å². The van der Waals surface area contributed by atoms with Crippen LogP contribution >= 0.6 is 0 Å². The largest absolute Gasteiger partial charge is 0.459 e. The van der Waals surface area contributed by atoms with Gasteiger partial charge < -0.3 is 10.1 Å². The summed E-state index contributed by atoms with van der Waals surface area (Å²) in [6.07, 6.45) is 1.44.